The second-order valence-corrected chi connectivity index (χ2v) is 6.25. The Balaban J connectivity index is 2.18. The van der Waals surface area contributed by atoms with Gasteiger partial charge in [0.1, 0.15) is 12.3 Å². The van der Waals surface area contributed by atoms with Gasteiger partial charge in [0.2, 0.25) is 5.91 Å². The van der Waals surface area contributed by atoms with Gasteiger partial charge in [-0.1, -0.05) is 41.9 Å². The topological polar surface area (TPSA) is 101 Å². The number of rotatable bonds is 4. The minimum Gasteiger partial charge on any atom is -0.507 e. The molecule has 1 atom stereocenters. The summed E-state index contributed by atoms with van der Waals surface area (Å²) in [6.07, 6.45) is 0. The van der Waals surface area contributed by atoms with Gasteiger partial charge >= 0.3 is 0 Å². The van der Waals surface area contributed by atoms with Gasteiger partial charge in [-0.25, -0.2) is 0 Å². The van der Waals surface area contributed by atoms with E-state index in [9.17, 15) is 19.5 Å². The lowest BCUT2D eigenvalue weighted by molar-refractivity contribution is -0.141. The Hall–Kier alpha value is -3.12. The summed E-state index contributed by atoms with van der Waals surface area (Å²) in [5.74, 6) is -2.83. The molecule has 2 aromatic rings. The number of carbonyl (C=O) groups excluding carboxylic acids is 3. The average Bonchev–Trinajstić information content (AvgIpc) is 2.87. The van der Waals surface area contributed by atoms with Crippen LogP contribution in [0.5, 0.6) is 0 Å². The van der Waals surface area contributed by atoms with E-state index in [1.54, 1.807) is 54.6 Å². The lowest BCUT2D eigenvalue weighted by Crippen LogP contribution is -2.37. The van der Waals surface area contributed by atoms with Gasteiger partial charge in [0, 0.05) is 10.6 Å². The summed E-state index contributed by atoms with van der Waals surface area (Å²) in [5, 5.41) is 11.2. The molecule has 0 unspecified atom stereocenters. The molecule has 1 fully saturated rings. The van der Waals surface area contributed by atoms with E-state index in [0.29, 0.717) is 16.1 Å². The van der Waals surface area contributed by atoms with E-state index >= 15 is 0 Å². The van der Waals surface area contributed by atoms with Crippen molar-refractivity contribution in [2.45, 2.75) is 6.04 Å². The second-order valence-electron chi connectivity index (χ2n) is 5.81. The summed E-state index contributed by atoms with van der Waals surface area (Å²) in [4.78, 5) is 37.5. The van der Waals surface area contributed by atoms with Crippen LogP contribution in [0.4, 0.5) is 0 Å². The summed E-state index contributed by atoms with van der Waals surface area (Å²) in [6.45, 7) is -0.429. The van der Waals surface area contributed by atoms with Gasteiger partial charge < -0.3 is 15.7 Å². The summed E-state index contributed by atoms with van der Waals surface area (Å²) < 4.78 is 0. The fraction of sp³-hybridized carbons (Fsp3) is 0.105. The van der Waals surface area contributed by atoms with E-state index in [2.05, 4.69) is 0 Å². The molecular formula is C19H15ClN2O4. The number of primary amides is 1. The van der Waals surface area contributed by atoms with Crippen LogP contribution >= 0.6 is 11.6 Å². The molecule has 1 heterocycles. The van der Waals surface area contributed by atoms with E-state index < -0.39 is 30.2 Å². The Bertz CT molecular complexity index is 907. The minimum atomic E-state index is -0.903. The maximum Gasteiger partial charge on any atom is 0.296 e. The Labute approximate surface area is 154 Å². The smallest absolute Gasteiger partial charge is 0.296 e. The first-order chi connectivity index (χ1) is 12.4. The molecule has 3 rings (SSSR count). The molecule has 132 valence electrons. The molecule has 0 radical (unpaired) electrons. The Kier molecular flexibility index (Phi) is 4.77. The first-order valence-corrected chi connectivity index (χ1v) is 8.15. The number of Topliss-reactive ketones (excluding diaryl/α,β-unsaturated/α-hetero) is 1. The van der Waals surface area contributed by atoms with E-state index in [4.69, 9.17) is 17.3 Å². The third kappa shape index (κ3) is 3.19. The first kappa shape index (κ1) is 17.7. The Morgan fingerprint density at radius 3 is 2.27 bits per heavy atom. The normalized spacial score (nSPS) is 19.0. The largest absolute Gasteiger partial charge is 0.507 e. The van der Waals surface area contributed by atoms with Crippen LogP contribution in [0.2, 0.25) is 5.02 Å². The number of hydrogen-bond acceptors (Lipinski definition) is 4. The molecule has 0 aromatic heterocycles. The molecule has 7 heteroatoms. The standard InChI is InChI=1S/C19H15ClN2O4/c20-13-8-6-12(7-9-13)17(24)15-16(11-4-2-1-3-5-11)22(10-14(21)23)19(26)18(15)25/h1-9,16,24H,10H2,(H2,21,23)/t16-/m1/s1. The summed E-state index contributed by atoms with van der Waals surface area (Å²) >= 11 is 5.85. The van der Waals surface area contributed by atoms with Gasteiger partial charge in [-0.3, -0.25) is 14.4 Å². The molecule has 1 aliphatic rings. The van der Waals surface area contributed by atoms with Crippen LogP contribution in [0.15, 0.2) is 60.2 Å². The molecule has 26 heavy (non-hydrogen) atoms. The number of aliphatic hydroxyl groups excluding tert-OH is 1. The Morgan fingerprint density at radius 2 is 1.69 bits per heavy atom. The predicted molar refractivity (Wildman–Crippen MR) is 96.1 cm³/mol. The Morgan fingerprint density at radius 1 is 1.08 bits per heavy atom. The number of nitrogens with two attached hydrogens (primary N) is 1. The number of likely N-dealkylation sites (tertiary alicyclic amines) is 1. The fourth-order valence-corrected chi connectivity index (χ4v) is 3.08. The van der Waals surface area contributed by atoms with Crippen LogP contribution in [0, 0.1) is 0 Å². The predicted octanol–water partition coefficient (Wildman–Crippen LogP) is 2.25. The molecule has 0 spiro atoms. The maximum absolute atomic E-state index is 12.6. The lowest BCUT2D eigenvalue weighted by atomic mass is 9.95. The van der Waals surface area contributed by atoms with E-state index in [-0.39, 0.29) is 11.3 Å². The highest BCUT2D eigenvalue weighted by molar-refractivity contribution is 6.47. The van der Waals surface area contributed by atoms with Crippen molar-refractivity contribution in [3.8, 4) is 0 Å². The van der Waals surface area contributed by atoms with Crippen molar-refractivity contribution in [1.29, 1.82) is 0 Å². The molecular weight excluding hydrogens is 356 g/mol. The highest BCUT2D eigenvalue weighted by Gasteiger charge is 2.46. The summed E-state index contributed by atoms with van der Waals surface area (Å²) in [5.41, 5.74) is 6.07. The van der Waals surface area contributed by atoms with Crippen LogP contribution in [-0.2, 0) is 14.4 Å². The van der Waals surface area contributed by atoms with Crippen molar-refractivity contribution in [2.75, 3.05) is 6.54 Å². The maximum atomic E-state index is 12.6. The average molecular weight is 371 g/mol. The molecule has 1 aliphatic heterocycles. The van der Waals surface area contributed by atoms with Gasteiger partial charge in [-0.2, -0.15) is 0 Å². The highest BCUT2D eigenvalue weighted by Crippen LogP contribution is 2.39. The number of hydrogen-bond donors (Lipinski definition) is 2. The molecule has 0 bridgehead atoms. The van der Waals surface area contributed by atoms with Crippen molar-refractivity contribution in [2.24, 2.45) is 5.73 Å². The van der Waals surface area contributed by atoms with E-state index in [1.165, 1.54) is 0 Å². The summed E-state index contributed by atoms with van der Waals surface area (Å²) in [7, 11) is 0. The molecule has 1 saturated heterocycles. The number of ketones is 1. The summed E-state index contributed by atoms with van der Waals surface area (Å²) in [6, 6.07) is 14.0. The van der Waals surface area contributed by atoms with E-state index in [1.807, 2.05) is 0 Å². The van der Waals surface area contributed by atoms with Gasteiger partial charge in [0.25, 0.3) is 11.7 Å². The number of halogens is 1. The third-order valence-electron chi connectivity index (χ3n) is 4.10. The van der Waals surface area contributed by atoms with Crippen molar-refractivity contribution in [3.63, 3.8) is 0 Å². The minimum absolute atomic E-state index is 0.0928. The van der Waals surface area contributed by atoms with Crippen LogP contribution in [0.3, 0.4) is 0 Å². The van der Waals surface area contributed by atoms with Crippen LogP contribution < -0.4 is 5.73 Å². The van der Waals surface area contributed by atoms with Crippen LogP contribution in [0.25, 0.3) is 5.76 Å². The zero-order chi connectivity index (χ0) is 18.8. The van der Waals surface area contributed by atoms with E-state index in [0.717, 1.165) is 4.90 Å². The van der Waals surface area contributed by atoms with Crippen LogP contribution in [-0.4, -0.2) is 34.1 Å². The fourth-order valence-electron chi connectivity index (χ4n) is 2.96. The second kappa shape index (κ2) is 7.01. The quantitative estimate of drug-likeness (QED) is 0.489. The first-order valence-electron chi connectivity index (χ1n) is 7.77. The van der Waals surface area contributed by atoms with Crippen molar-refractivity contribution in [3.05, 3.63) is 76.3 Å². The molecule has 3 N–H and O–H groups in total. The number of nitrogens with zero attached hydrogens (tertiary/aromatic N) is 1. The molecule has 0 aliphatic carbocycles. The number of benzene rings is 2. The molecule has 2 aromatic carbocycles. The SMILES string of the molecule is NC(=O)CN1C(=O)C(=O)C(=C(O)c2ccc(Cl)cc2)[C@H]1c1ccccc1. The highest BCUT2D eigenvalue weighted by atomic mass is 35.5. The van der Waals surface area contributed by atoms with Crippen molar-refractivity contribution in [1.82, 2.24) is 4.90 Å². The third-order valence-corrected chi connectivity index (χ3v) is 4.35. The van der Waals surface area contributed by atoms with Gasteiger partial charge in [-0.15, -0.1) is 0 Å². The van der Waals surface area contributed by atoms with Gasteiger partial charge in [0.05, 0.1) is 11.6 Å². The van der Waals surface area contributed by atoms with Gasteiger partial charge in [-0.05, 0) is 29.8 Å². The molecule has 6 nitrogen and oxygen atoms in total. The van der Waals surface area contributed by atoms with Crippen molar-refractivity contribution < 1.29 is 19.5 Å². The number of aliphatic hydroxyl groups is 1. The molecule has 0 saturated carbocycles. The van der Waals surface area contributed by atoms with Crippen molar-refractivity contribution >= 4 is 35.0 Å². The zero-order valence-corrected chi connectivity index (χ0v) is 14.3. The monoisotopic (exact) mass is 370 g/mol. The zero-order valence-electron chi connectivity index (χ0n) is 13.6. The number of amides is 2. The lowest BCUT2D eigenvalue weighted by Gasteiger charge is -2.24. The van der Waals surface area contributed by atoms with Gasteiger partial charge in [0.15, 0.2) is 0 Å². The molecule has 2 amide bonds. The number of carbonyl (C=O) groups is 3. The van der Waals surface area contributed by atoms with Crippen LogP contribution in [0.1, 0.15) is 17.2 Å².